The Kier molecular flexibility index (Phi) is 1.69. The van der Waals surface area contributed by atoms with Gasteiger partial charge in [0.25, 0.3) is 0 Å². The van der Waals surface area contributed by atoms with Gasteiger partial charge in [0, 0.05) is 50.4 Å². The molecule has 4 heterocycles. The van der Waals surface area contributed by atoms with Crippen molar-refractivity contribution in [3.8, 4) is 0 Å². The predicted octanol–water partition coefficient (Wildman–Crippen LogP) is -0.130. The van der Waals surface area contributed by atoms with Gasteiger partial charge in [-0.1, -0.05) is 6.92 Å². The topological polar surface area (TPSA) is 38.7 Å². The Morgan fingerprint density at radius 2 is 1.79 bits per heavy atom. The molecular weight excluding hydrogens is 178 g/mol. The quantitative estimate of drug-likeness (QED) is 0.572. The highest BCUT2D eigenvalue weighted by Gasteiger charge is 2.44. The molecule has 0 aromatic rings. The highest BCUT2D eigenvalue weighted by molar-refractivity contribution is 5.30. The molecule has 4 heteroatoms. The molecule has 4 rings (SSSR count). The highest BCUT2D eigenvalue weighted by Crippen LogP contribution is 2.39. The van der Waals surface area contributed by atoms with Crippen molar-refractivity contribution in [1.82, 2.24) is 15.3 Å². The molecule has 0 amide bonds. The van der Waals surface area contributed by atoms with E-state index in [0.29, 0.717) is 0 Å². The first-order chi connectivity index (χ1) is 6.71. The van der Waals surface area contributed by atoms with Crippen molar-refractivity contribution in [2.45, 2.75) is 6.92 Å². The minimum atomic E-state index is 0.122. The third-order valence-corrected chi connectivity index (χ3v) is 3.78. The molecule has 2 fully saturated rings. The zero-order valence-corrected chi connectivity index (χ0v) is 8.58. The Bertz CT molecular complexity index is 282. The molecule has 0 aromatic carbocycles. The third kappa shape index (κ3) is 1.05. The Labute approximate surface area is 84.1 Å². The van der Waals surface area contributed by atoms with Crippen molar-refractivity contribution in [2.75, 3.05) is 39.3 Å². The van der Waals surface area contributed by atoms with Gasteiger partial charge in [-0.25, -0.2) is 0 Å². The summed E-state index contributed by atoms with van der Waals surface area (Å²) in [5, 5.41) is 9.21. The van der Waals surface area contributed by atoms with Gasteiger partial charge in [-0.2, -0.15) is 0 Å². The minimum Gasteiger partial charge on any atom is -0.297 e. The van der Waals surface area contributed by atoms with E-state index in [-0.39, 0.29) is 5.41 Å². The maximum atomic E-state index is 9.21. The number of hydroxylamine groups is 1. The SMILES string of the molecule is CC12CN3CCN(CC(=C1NO)C3)C2. The fraction of sp³-hybridized carbons (Fsp3) is 0.800. The van der Waals surface area contributed by atoms with Crippen LogP contribution in [-0.2, 0) is 0 Å². The fourth-order valence-electron chi connectivity index (χ4n) is 3.29. The maximum Gasteiger partial charge on any atom is 0.0478 e. The van der Waals surface area contributed by atoms with E-state index in [4.69, 9.17) is 0 Å². The van der Waals surface area contributed by atoms with Crippen LogP contribution in [0.4, 0.5) is 0 Å². The van der Waals surface area contributed by atoms with Gasteiger partial charge in [-0.3, -0.25) is 20.5 Å². The first-order valence-corrected chi connectivity index (χ1v) is 5.29. The first kappa shape index (κ1) is 8.71. The molecule has 0 spiro atoms. The van der Waals surface area contributed by atoms with Crippen LogP contribution in [0.25, 0.3) is 0 Å². The van der Waals surface area contributed by atoms with E-state index in [1.165, 1.54) is 18.7 Å². The second kappa shape index (κ2) is 2.72. The summed E-state index contributed by atoms with van der Waals surface area (Å²) in [6.45, 7) is 8.83. The molecule has 0 saturated carbocycles. The van der Waals surface area contributed by atoms with Gasteiger partial charge >= 0.3 is 0 Å². The van der Waals surface area contributed by atoms with E-state index in [0.717, 1.165) is 31.9 Å². The van der Waals surface area contributed by atoms with Crippen LogP contribution in [-0.4, -0.2) is 54.3 Å². The number of fused-ring (bicyclic) bond motifs is 1. The molecule has 4 nitrogen and oxygen atoms in total. The number of nitrogens with one attached hydrogen (secondary N) is 1. The molecular formula is C10H17N3O. The Morgan fingerprint density at radius 1 is 1.21 bits per heavy atom. The lowest BCUT2D eigenvalue weighted by molar-refractivity contribution is 0.0962. The predicted molar refractivity (Wildman–Crippen MR) is 52.9 cm³/mol. The molecule has 14 heavy (non-hydrogen) atoms. The van der Waals surface area contributed by atoms with Gasteiger partial charge in [0.2, 0.25) is 0 Å². The molecule has 2 saturated heterocycles. The Hall–Kier alpha value is -0.580. The van der Waals surface area contributed by atoms with E-state index >= 15 is 0 Å². The smallest absolute Gasteiger partial charge is 0.0478 e. The van der Waals surface area contributed by atoms with Gasteiger partial charge in [0.15, 0.2) is 0 Å². The van der Waals surface area contributed by atoms with E-state index in [1.807, 2.05) is 0 Å². The van der Waals surface area contributed by atoms with Gasteiger partial charge in [0.1, 0.15) is 0 Å². The molecule has 4 aliphatic rings. The average molecular weight is 195 g/mol. The van der Waals surface area contributed by atoms with Crippen LogP contribution in [0.15, 0.2) is 11.3 Å². The summed E-state index contributed by atoms with van der Waals surface area (Å²) in [5.74, 6) is 0. The van der Waals surface area contributed by atoms with Gasteiger partial charge < -0.3 is 0 Å². The zero-order chi connectivity index (χ0) is 9.76. The summed E-state index contributed by atoms with van der Waals surface area (Å²) < 4.78 is 0. The zero-order valence-electron chi connectivity index (χ0n) is 8.58. The summed E-state index contributed by atoms with van der Waals surface area (Å²) in [6.07, 6.45) is 0. The van der Waals surface area contributed by atoms with Crippen molar-refractivity contribution in [2.24, 2.45) is 5.41 Å². The van der Waals surface area contributed by atoms with Crippen LogP contribution in [0.3, 0.4) is 0 Å². The summed E-state index contributed by atoms with van der Waals surface area (Å²) in [5.41, 5.74) is 5.03. The molecule has 0 aliphatic carbocycles. The van der Waals surface area contributed by atoms with E-state index in [1.54, 1.807) is 0 Å². The van der Waals surface area contributed by atoms with Crippen molar-refractivity contribution >= 4 is 0 Å². The molecule has 2 N–H and O–H groups in total. The van der Waals surface area contributed by atoms with Crippen LogP contribution in [0.5, 0.6) is 0 Å². The van der Waals surface area contributed by atoms with Crippen molar-refractivity contribution < 1.29 is 5.21 Å². The van der Waals surface area contributed by atoms with Crippen molar-refractivity contribution in [1.29, 1.82) is 0 Å². The lowest BCUT2D eigenvalue weighted by Gasteiger charge is -2.45. The van der Waals surface area contributed by atoms with Crippen LogP contribution in [0.2, 0.25) is 0 Å². The van der Waals surface area contributed by atoms with E-state index < -0.39 is 0 Å². The summed E-state index contributed by atoms with van der Waals surface area (Å²) in [4.78, 5) is 5.01. The monoisotopic (exact) mass is 195 g/mol. The largest absolute Gasteiger partial charge is 0.297 e. The first-order valence-electron chi connectivity index (χ1n) is 5.29. The Balaban J connectivity index is 2.09. The standard InChI is InChI=1S/C10H17N3O/c1-10-6-12-2-3-13(7-10)5-8(4-12)9(10)11-14/h11,14H,2-7H2,1H3. The van der Waals surface area contributed by atoms with E-state index in [9.17, 15) is 5.21 Å². The summed E-state index contributed by atoms with van der Waals surface area (Å²) in [7, 11) is 0. The normalized spacial score (nSPS) is 45.6. The molecule has 2 atom stereocenters. The molecule has 78 valence electrons. The second-order valence-corrected chi connectivity index (χ2v) is 5.07. The number of hydrogen-bond donors (Lipinski definition) is 2. The van der Waals surface area contributed by atoms with Crippen molar-refractivity contribution in [3.05, 3.63) is 11.3 Å². The number of nitrogens with zero attached hydrogens (tertiary/aromatic N) is 2. The summed E-state index contributed by atoms with van der Waals surface area (Å²) in [6, 6.07) is 0. The van der Waals surface area contributed by atoms with Crippen LogP contribution in [0.1, 0.15) is 6.92 Å². The Morgan fingerprint density at radius 3 is 2.21 bits per heavy atom. The third-order valence-electron chi connectivity index (χ3n) is 3.78. The fourth-order valence-corrected chi connectivity index (χ4v) is 3.29. The van der Waals surface area contributed by atoms with Crippen LogP contribution >= 0.6 is 0 Å². The highest BCUT2D eigenvalue weighted by atomic mass is 16.5. The molecule has 0 aromatic heterocycles. The number of hydrogen-bond acceptors (Lipinski definition) is 4. The van der Waals surface area contributed by atoms with Gasteiger partial charge in [-0.15, -0.1) is 0 Å². The maximum absolute atomic E-state index is 9.21. The van der Waals surface area contributed by atoms with Gasteiger partial charge in [0.05, 0.1) is 0 Å². The lowest BCUT2D eigenvalue weighted by Crippen LogP contribution is -2.52. The second-order valence-electron chi connectivity index (χ2n) is 5.07. The molecule has 4 bridgehead atoms. The molecule has 4 aliphatic heterocycles. The molecule has 2 unspecified atom stereocenters. The van der Waals surface area contributed by atoms with Gasteiger partial charge in [-0.05, 0) is 5.57 Å². The van der Waals surface area contributed by atoms with Crippen LogP contribution < -0.4 is 5.48 Å². The summed E-state index contributed by atoms with van der Waals surface area (Å²) >= 11 is 0. The van der Waals surface area contributed by atoms with Crippen molar-refractivity contribution in [3.63, 3.8) is 0 Å². The van der Waals surface area contributed by atoms with E-state index in [2.05, 4.69) is 22.2 Å². The number of rotatable bonds is 1. The minimum absolute atomic E-state index is 0.122. The average Bonchev–Trinajstić information content (AvgIpc) is 2.32. The lowest BCUT2D eigenvalue weighted by atomic mass is 9.78. The molecule has 0 radical (unpaired) electrons. The van der Waals surface area contributed by atoms with Crippen LogP contribution in [0, 0.1) is 5.41 Å².